The molecule has 1 aliphatic carbocycles. The maximum absolute atomic E-state index is 15.9. The SMILES string of the molecule is [C-]#[N+]/C=C/c1cc2c(N3CC4CCC(C3)N4C(=O)OC(C)(C)C)nc(OCC3(CN4CCOCC4)CC3)nc2c(F)c1Br. The molecule has 10 nitrogen and oxygen atoms in total. The van der Waals surface area contributed by atoms with Crippen molar-refractivity contribution < 1.29 is 23.4 Å². The third-order valence-corrected chi connectivity index (χ3v) is 9.51. The number of anilines is 1. The fraction of sp³-hybridized carbons (Fsp3) is 0.613. The molecule has 43 heavy (non-hydrogen) atoms. The van der Waals surface area contributed by atoms with Gasteiger partial charge >= 0.3 is 12.1 Å². The molecule has 4 fully saturated rings. The van der Waals surface area contributed by atoms with E-state index in [1.165, 1.54) is 6.20 Å². The maximum atomic E-state index is 15.9. The summed E-state index contributed by atoms with van der Waals surface area (Å²) in [7, 11) is 0. The lowest BCUT2D eigenvalue weighted by molar-refractivity contribution is 0.0123. The number of ether oxygens (including phenoxy) is 3. The molecule has 2 unspecified atom stereocenters. The van der Waals surface area contributed by atoms with Crippen LogP contribution in [-0.2, 0) is 9.47 Å². The molecule has 2 atom stereocenters. The Morgan fingerprint density at radius 1 is 1.23 bits per heavy atom. The number of amides is 1. The number of fused-ring (bicyclic) bond motifs is 3. The van der Waals surface area contributed by atoms with Crippen molar-refractivity contribution in [3.63, 3.8) is 0 Å². The van der Waals surface area contributed by atoms with Gasteiger partial charge in [0.2, 0.25) is 0 Å². The molecule has 1 aromatic carbocycles. The molecule has 0 radical (unpaired) electrons. The number of carbonyl (C=O) groups is 1. The number of hydrogen-bond donors (Lipinski definition) is 0. The molecule has 3 aliphatic heterocycles. The number of hydrogen-bond acceptors (Lipinski definition) is 8. The van der Waals surface area contributed by atoms with E-state index in [0.29, 0.717) is 36.5 Å². The molecule has 2 bridgehead atoms. The molecule has 12 heteroatoms. The largest absolute Gasteiger partial charge is 0.463 e. The maximum Gasteiger partial charge on any atom is 0.410 e. The summed E-state index contributed by atoms with van der Waals surface area (Å²) in [4.78, 5) is 32.2. The number of nitrogens with zero attached hydrogens (tertiary/aromatic N) is 6. The van der Waals surface area contributed by atoms with Crippen LogP contribution in [0.4, 0.5) is 15.0 Å². The van der Waals surface area contributed by atoms with Gasteiger partial charge in [0.25, 0.3) is 0 Å². The van der Waals surface area contributed by atoms with Gasteiger partial charge in [0.15, 0.2) is 12.0 Å². The van der Waals surface area contributed by atoms with Crippen molar-refractivity contribution in [2.24, 2.45) is 5.41 Å². The summed E-state index contributed by atoms with van der Waals surface area (Å²) in [5.41, 5.74) is 0.148. The molecule has 230 valence electrons. The number of benzene rings is 1. The molecule has 3 saturated heterocycles. The highest BCUT2D eigenvalue weighted by atomic mass is 79.9. The molecule has 0 N–H and O–H groups in total. The summed E-state index contributed by atoms with van der Waals surface area (Å²) in [6.07, 6.45) is 6.42. The van der Waals surface area contributed by atoms with E-state index in [1.54, 1.807) is 6.08 Å². The minimum atomic E-state index is -0.580. The Morgan fingerprint density at radius 3 is 2.56 bits per heavy atom. The summed E-state index contributed by atoms with van der Waals surface area (Å²) >= 11 is 3.37. The summed E-state index contributed by atoms with van der Waals surface area (Å²) in [5, 5.41) is 0.539. The number of rotatable bonds is 7. The predicted octanol–water partition coefficient (Wildman–Crippen LogP) is 5.50. The third-order valence-electron chi connectivity index (χ3n) is 8.70. The predicted molar refractivity (Wildman–Crippen MR) is 164 cm³/mol. The first-order chi connectivity index (χ1) is 20.6. The van der Waals surface area contributed by atoms with Crippen LogP contribution in [0.5, 0.6) is 6.01 Å². The van der Waals surface area contributed by atoms with Gasteiger partial charge in [-0.25, -0.2) is 14.0 Å². The highest BCUT2D eigenvalue weighted by Gasteiger charge is 2.46. The molecular formula is C31H38BrFN6O4. The summed E-state index contributed by atoms with van der Waals surface area (Å²) in [5.74, 6) is 0.0445. The van der Waals surface area contributed by atoms with Crippen molar-refractivity contribution in [3.8, 4) is 6.01 Å². The van der Waals surface area contributed by atoms with E-state index in [2.05, 4.69) is 35.6 Å². The number of halogens is 2. The Balaban J connectivity index is 1.31. The van der Waals surface area contributed by atoms with Crippen LogP contribution in [0.1, 0.15) is 52.0 Å². The fourth-order valence-electron chi connectivity index (χ4n) is 6.40. The van der Waals surface area contributed by atoms with Crippen LogP contribution in [0, 0.1) is 17.8 Å². The molecule has 1 saturated carbocycles. The lowest BCUT2D eigenvalue weighted by Crippen LogP contribution is -2.57. The average molecular weight is 658 g/mol. The average Bonchev–Trinajstić information content (AvgIpc) is 3.68. The number of aromatic nitrogens is 2. The Morgan fingerprint density at radius 2 is 1.93 bits per heavy atom. The molecule has 6 rings (SSSR count). The van der Waals surface area contributed by atoms with Crippen molar-refractivity contribution in [2.45, 2.75) is 64.1 Å². The second-order valence-corrected chi connectivity index (χ2v) is 13.9. The van der Waals surface area contributed by atoms with Gasteiger partial charge in [-0.2, -0.15) is 9.97 Å². The second-order valence-electron chi connectivity index (χ2n) is 13.1. The van der Waals surface area contributed by atoms with Gasteiger partial charge in [0.05, 0.1) is 42.9 Å². The molecule has 4 aliphatic rings. The van der Waals surface area contributed by atoms with Gasteiger partial charge in [-0.1, -0.05) is 6.08 Å². The first-order valence-electron chi connectivity index (χ1n) is 15.0. The third kappa shape index (κ3) is 6.44. The van der Waals surface area contributed by atoms with Crippen molar-refractivity contribution in [3.05, 3.63) is 39.5 Å². The van der Waals surface area contributed by atoms with Crippen LogP contribution in [-0.4, -0.2) is 96.1 Å². The van der Waals surface area contributed by atoms with E-state index in [0.717, 1.165) is 58.5 Å². The summed E-state index contributed by atoms with van der Waals surface area (Å²) in [6.45, 7) is 18.5. The second kappa shape index (κ2) is 11.8. The normalized spacial score (nSPS) is 23.5. The van der Waals surface area contributed by atoms with Gasteiger partial charge in [0.1, 0.15) is 16.9 Å². The van der Waals surface area contributed by atoms with Gasteiger partial charge in [-0.15, -0.1) is 0 Å². The molecule has 1 aromatic heterocycles. The first-order valence-corrected chi connectivity index (χ1v) is 15.8. The van der Waals surface area contributed by atoms with Crippen LogP contribution in [0.2, 0.25) is 0 Å². The van der Waals surface area contributed by atoms with E-state index >= 15 is 4.39 Å². The van der Waals surface area contributed by atoms with E-state index in [4.69, 9.17) is 25.8 Å². The zero-order valence-electron chi connectivity index (χ0n) is 24.9. The smallest absolute Gasteiger partial charge is 0.410 e. The van der Waals surface area contributed by atoms with Crippen molar-refractivity contribution in [1.82, 2.24) is 19.8 Å². The standard InChI is InChI=1S/C31H38BrFN6O4/c1-30(2,3)43-29(40)39-21-5-6-22(39)17-38(16-21)27-23-15-20(7-10-34-4)24(32)25(33)26(23)35-28(36-27)42-19-31(8-9-31)18-37-11-13-41-14-12-37/h7,10,15,21-22H,5-6,8-9,11-14,16-19H2,1-3H3/b10-7+. The molecular weight excluding hydrogens is 619 g/mol. The van der Waals surface area contributed by atoms with Gasteiger partial charge < -0.3 is 19.1 Å². The Hall–Kier alpha value is -3.01. The molecule has 2 aromatic rings. The summed E-state index contributed by atoms with van der Waals surface area (Å²) in [6, 6.07) is 1.86. The molecule has 4 heterocycles. The monoisotopic (exact) mass is 656 g/mol. The zero-order valence-corrected chi connectivity index (χ0v) is 26.5. The van der Waals surface area contributed by atoms with Gasteiger partial charge in [-0.05, 0) is 74.0 Å². The van der Waals surface area contributed by atoms with Crippen LogP contribution in [0.25, 0.3) is 21.8 Å². The molecule has 1 amide bonds. The van der Waals surface area contributed by atoms with Gasteiger partial charge in [0, 0.05) is 43.5 Å². The van der Waals surface area contributed by atoms with Crippen molar-refractivity contribution >= 4 is 44.8 Å². The van der Waals surface area contributed by atoms with E-state index in [-0.39, 0.29) is 39.6 Å². The topological polar surface area (TPSA) is 84.6 Å². The summed E-state index contributed by atoms with van der Waals surface area (Å²) < 4.78 is 33.6. The minimum absolute atomic E-state index is 0.0432. The van der Waals surface area contributed by atoms with Crippen LogP contribution in [0.3, 0.4) is 0 Å². The quantitative estimate of drug-likeness (QED) is 0.361. The lowest BCUT2D eigenvalue weighted by atomic mass is 10.1. The van der Waals surface area contributed by atoms with Crippen molar-refractivity contribution in [1.29, 1.82) is 0 Å². The van der Waals surface area contributed by atoms with Crippen LogP contribution >= 0.6 is 15.9 Å². The Bertz CT molecular complexity index is 1450. The highest BCUT2D eigenvalue weighted by Crippen LogP contribution is 2.47. The van der Waals surface area contributed by atoms with E-state index in [9.17, 15) is 4.79 Å². The zero-order chi connectivity index (χ0) is 30.4. The van der Waals surface area contributed by atoms with E-state index in [1.807, 2.05) is 31.7 Å². The lowest BCUT2D eigenvalue weighted by Gasteiger charge is -2.42. The molecule has 0 spiro atoms. The number of carbonyl (C=O) groups excluding carboxylic acids is 1. The number of piperazine rings is 1. The Kier molecular flexibility index (Phi) is 8.26. The van der Waals surface area contributed by atoms with Crippen LogP contribution < -0.4 is 9.64 Å². The highest BCUT2D eigenvalue weighted by molar-refractivity contribution is 9.10. The Labute approximate surface area is 260 Å². The fourth-order valence-corrected chi connectivity index (χ4v) is 6.83. The van der Waals surface area contributed by atoms with E-state index < -0.39 is 11.4 Å². The minimum Gasteiger partial charge on any atom is -0.463 e. The number of morpholine rings is 1. The van der Waals surface area contributed by atoms with Gasteiger partial charge in [-0.3, -0.25) is 9.80 Å². The van der Waals surface area contributed by atoms with Crippen LogP contribution in [0.15, 0.2) is 16.7 Å². The first kappa shape index (κ1) is 30.0. The van der Waals surface area contributed by atoms with Crippen molar-refractivity contribution in [2.75, 3.05) is 57.4 Å².